The van der Waals surface area contributed by atoms with Crippen molar-refractivity contribution in [3.05, 3.63) is 65.2 Å². The second-order valence-corrected chi connectivity index (χ2v) is 5.15. The van der Waals surface area contributed by atoms with Gasteiger partial charge in [0.2, 0.25) is 0 Å². The van der Waals surface area contributed by atoms with Gasteiger partial charge in [-0.15, -0.1) is 0 Å². The number of rotatable bonds is 5. The number of nitrogens with zero attached hydrogens (tertiary/aromatic N) is 2. The summed E-state index contributed by atoms with van der Waals surface area (Å²) in [5, 5.41) is 9.62. The molecule has 1 aromatic heterocycles. The van der Waals surface area contributed by atoms with E-state index in [4.69, 9.17) is 0 Å². The first-order chi connectivity index (χ1) is 11.2. The Hall–Kier alpha value is -2.22. The fourth-order valence-electron chi connectivity index (χ4n) is 2.41. The quantitative estimate of drug-likeness (QED) is 0.862. The Morgan fingerprint density at radius 2 is 1.65 bits per heavy atom. The van der Waals surface area contributed by atoms with Crippen LogP contribution in [0.15, 0.2) is 42.6 Å². The summed E-state index contributed by atoms with van der Waals surface area (Å²) in [7, 11) is 0. The van der Waals surface area contributed by atoms with Gasteiger partial charge in [0, 0.05) is 17.3 Å². The van der Waals surface area contributed by atoms with Crippen LogP contribution in [-0.2, 0) is 0 Å². The Morgan fingerprint density at radius 3 is 2.17 bits per heavy atom. The fourth-order valence-corrected chi connectivity index (χ4v) is 2.41. The molecule has 0 aliphatic heterocycles. The van der Waals surface area contributed by atoms with Gasteiger partial charge in [-0.1, -0.05) is 25.7 Å². The molecule has 0 fully saturated rings. The van der Waals surface area contributed by atoms with Crippen molar-refractivity contribution in [3.8, 4) is 11.8 Å². The van der Waals surface area contributed by atoms with Crippen LogP contribution in [0, 0.1) is 17.7 Å². The van der Waals surface area contributed by atoms with E-state index in [0.717, 1.165) is 29.9 Å². The lowest BCUT2D eigenvalue weighted by Gasteiger charge is -2.27. The Kier molecular flexibility index (Phi) is 6.28. The third-order valence-electron chi connectivity index (χ3n) is 3.75. The second-order valence-electron chi connectivity index (χ2n) is 5.15. The topological polar surface area (TPSA) is 36.4 Å². The van der Waals surface area contributed by atoms with Crippen LogP contribution in [0.1, 0.15) is 36.7 Å². The Balaban J connectivity index is 2.14. The van der Waals surface area contributed by atoms with E-state index in [9.17, 15) is 9.50 Å². The van der Waals surface area contributed by atoms with Crippen molar-refractivity contribution in [3.63, 3.8) is 0 Å². The number of likely N-dealkylation sites (N-methyl/N-ethyl adjacent to an activating group) is 1. The van der Waals surface area contributed by atoms with Crippen molar-refractivity contribution in [2.45, 2.75) is 19.9 Å². The maximum Gasteiger partial charge on any atom is 0.123 e. The van der Waals surface area contributed by atoms with Crippen LogP contribution in [0.5, 0.6) is 0 Å². The molecule has 4 heteroatoms. The second kappa shape index (κ2) is 8.42. The standard InChI is InChI=1S/C19H21FN2O/c1-3-22(4-2)19(14-23)18-12-9-16(13-21-18)6-5-15-7-10-17(20)11-8-15/h7-13,19,23H,3-4,14H2,1-2H3. The highest BCUT2D eigenvalue weighted by Gasteiger charge is 2.17. The van der Waals surface area contributed by atoms with Crippen LogP contribution in [0.4, 0.5) is 4.39 Å². The lowest BCUT2D eigenvalue weighted by Crippen LogP contribution is -2.31. The molecule has 1 unspecified atom stereocenters. The zero-order valence-corrected chi connectivity index (χ0v) is 13.5. The molecule has 3 nitrogen and oxygen atoms in total. The van der Waals surface area contributed by atoms with Gasteiger partial charge >= 0.3 is 0 Å². The lowest BCUT2D eigenvalue weighted by atomic mass is 10.1. The summed E-state index contributed by atoms with van der Waals surface area (Å²) in [5.74, 6) is 5.72. The summed E-state index contributed by atoms with van der Waals surface area (Å²) >= 11 is 0. The van der Waals surface area contributed by atoms with Gasteiger partial charge in [0.1, 0.15) is 5.82 Å². The van der Waals surface area contributed by atoms with E-state index in [1.54, 1.807) is 18.3 Å². The molecule has 2 rings (SSSR count). The number of hydrogen-bond acceptors (Lipinski definition) is 3. The van der Waals surface area contributed by atoms with Gasteiger partial charge < -0.3 is 5.11 Å². The predicted molar refractivity (Wildman–Crippen MR) is 89.4 cm³/mol. The largest absolute Gasteiger partial charge is 0.394 e. The highest BCUT2D eigenvalue weighted by atomic mass is 19.1. The van der Waals surface area contributed by atoms with E-state index in [0.29, 0.717) is 0 Å². The number of benzene rings is 1. The maximum absolute atomic E-state index is 12.8. The number of hydrogen-bond donors (Lipinski definition) is 1. The first kappa shape index (κ1) is 17.1. The molecule has 0 saturated carbocycles. The number of aromatic nitrogens is 1. The molecule has 120 valence electrons. The summed E-state index contributed by atoms with van der Waals surface area (Å²) in [4.78, 5) is 6.59. The van der Waals surface area contributed by atoms with Gasteiger partial charge in [0.15, 0.2) is 0 Å². The normalized spacial score (nSPS) is 11.9. The van der Waals surface area contributed by atoms with Gasteiger partial charge in [0.25, 0.3) is 0 Å². The van der Waals surface area contributed by atoms with Gasteiger partial charge in [0.05, 0.1) is 18.3 Å². The van der Waals surface area contributed by atoms with Gasteiger partial charge in [-0.25, -0.2) is 4.39 Å². The Morgan fingerprint density at radius 1 is 1.04 bits per heavy atom. The highest BCUT2D eigenvalue weighted by Crippen LogP contribution is 2.17. The molecular weight excluding hydrogens is 291 g/mol. The molecule has 0 aliphatic carbocycles. The smallest absolute Gasteiger partial charge is 0.123 e. The van der Waals surface area contributed by atoms with Crippen molar-refractivity contribution in [1.82, 2.24) is 9.88 Å². The molecule has 0 radical (unpaired) electrons. The number of halogens is 1. The van der Waals surface area contributed by atoms with Gasteiger partial charge in [-0.05, 0) is 49.5 Å². The average Bonchev–Trinajstić information content (AvgIpc) is 2.60. The minimum atomic E-state index is -0.270. The van der Waals surface area contributed by atoms with E-state index in [2.05, 4.69) is 35.6 Å². The van der Waals surface area contributed by atoms with Crippen molar-refractivity contribution in [2.24, 2.45) is 0 Å². The average molecular weight is 312 g/mol. The highest BCUT2D eigenvalue weighted by molar-refractivity contribution is 5.42. The molecule has 0 aliphatic rings. The van der Waals surface area contributed by atoms with Crippen molar-refractivity contribution in [1.29, 1.82) is 0 Å². The summed E-state index contributed by atoms with van der Waals surface area (Å²) in [6.07, 6.45) is 1.71. The summed E-state index contributed by atoms with van der Waals surface area (Å²) < 4.78 is 12.8. The van der Waals surface area contributed by atoms with Crippen molar-refractivity contribution >= 4 is 0 Å². The zero-order valence-electron chi connectivity index (χ0n) is 13.5. The van der Waals surface area contributed by atoms with Gasteiger partial charge in [-0.2, -0.15) is 0 Å². The minimum Gasteiger partial charge on any atom is -0.394 e. The molecule has 23 heavy (non-hydrogen) atoms. The SMILES string of the molecule is CCN(CC)C(CO)c1ccc(C#Cc2ccc(F)cc2)cn1. The van der Waals surface area contributed by atoms with E-state index in [1.165, 1.54) is 12.1 Å². The third-order valence-corrected chi connectivity index (χ3v) is 3.75. The van der Waals surface area contributed by atoms with Gasteiger partial charge in [-0.3, -0.25) is 9.88 Å². The van der Waals surface area contributed by atoms with E-state index in [-0.39, 0.29) is 18.5 Å². The maximum atomic E-state index is 12.8. The van der Waals surface area contributed by atoms with Crippen LogP contribution in [0.25, 0.3) is 0 Å². The molecular formula is C19H21FN2O. The molecule has 1 heterocycles. The van der Waals surface area contributed by atoms with Crippen LogP contribution in [-0.4, -0.2) is 34.7 Å². The Bertz CT molecular complexity index is 667. The molecule has 0 amide bonds. The zero-order chi connectivity index (χ0) is 16.7. The van der Waals surface area contributed by atoms with E-state index < -0.39 is 0 Å². The van der Waals surface area contributed by atoms with Crippen molar-refractivity contribution in [2.75, 3.05) is 19.7 Å². The summed E-state index contributed by atoms with van der Waals surface area (Å²) in [6, 6.07) is 9.77. The van der Waals surface area contributed by atoms with Crippen LogP contribution >= 0.6 is 0 Å². The minimum absolute atomic E-state index is 0.0370. The Labute approximate surface area is 136 Å². The first-order valence-electron chi connectivity index (χ1n) is 7.76. The van der Waals surface area contributed by atoms with Crippen molar-refractivity contribution < 1.29 is 9.50 Å². The molecule has 1 atom stereocenters. The monoisotopic (exact) mass is 312 g/mol. The fraction of sp³-hybridized carbons (Fsp3) is 0.316. The van der Waals surface area contributed by atoms with Crippen LogP contribution in [0.3, 0.4) is 0 Å². The molecule has 0 spiro atoms. The predicted octanol–water partition coefficient (Wildman–Crippen LogP) is 3.00. The van der Waals surface area contributed by atoms with E-state index in [1.807, 2.05) is 12.1 Å². The number of aliphatic hydroxyl groups excluding tert-OH is 1. The van der Waals surface area contributed by atoms with E-state index >= 15 is 0 Å². The molecule has 0 saturated heterocycles. The van der Waals surface area contributed by atoms with Crippen LogP contribution < -0.4 is 0 Å². The molecule has 1 aromatic carbocycles. The molecule has 0 bridgehead atoms. The number of pyridine rings is 1. The first-order valence-corrected chi connectivity index (χ1v) is 7.76. The third kappa shape index (κ3) is 4.62. The molecule has 2 aromatic rings. The summed E-state index contributed by atoms with van der Waals surface area (Å²) in [6.45, 7) is 5.88. The van der Waals surface area contributed by atoms with Crippen LogP contribution in [0.2, 0.25) is 0 Å². The summed E-state index contributed by atoms with van der Waals surface area (Å²) in [5.41, 5.74) is 2.38. The lowest BCUT2D eigenvalue weighted by molar-refractivity contribution is 0.131. The number of aliphatic hydroxyl groups is 1. The molecule has 1 N–H and O–H groups in total.